The molecule has 0 bridgehead atoms. The molecule has 4 rings (SSSR count). The molecule has 0 aliphatic carbocycles. The molecule has 0 fully saturated rings. The lowest BCUT2D eigenvalue weighted by molar-refractivity contribution is -0.113. The molecule has 7 nitrogen and oxygen atoms in total. The molecule has 0 atom stereocenters. The van der Waals surface area contributed by atoms with Gasteiger partial charge in [0.2, 0.25) is 5.91 Å². The molecule has 1 aromatic carbocycles. The molecule has 0 saturated carbocycles. The maximum Gasteiger partial charge on any atom is 0.262 e. The second-order valence-corrected chi connectivity index (χ2v) is 9.92. The Hall–Kier alpha value is -3.35. The number of para-hydroxylation sites is 1. The van der Waals surface area contributed by atoms with Gasteiger partial charge in [0.25, 0.3) is 5.56 Å². The number of thiophene rings is 1. The van der Waals surface area contributed by atoms with E-state index in [-0.39, 0.29) is 17.2 Å². The standard InChI is InChI=1S/C24H23N5O2S2/c1-13-15(3)29(17-9-7-6-8-10-17)21(18(13)11-25)26-19(30)12-32-24-27-22-20(23(31)28(24)5)14(2)16(4)33-22/h6-10H,12H2,1-5H3,(H,26,30). The molecular weight excluding hydrogens is 454 g/mol. The van der Waals surface area contributed by atoms with Crippen molar-refractivity contribution in [3.05, 3.63) is 67.9 Å². The van der Waals surface area contributed by atoms with Crippen LogP contribution in [0.2, 0.25) is 0 Å². The number of carbonyl (C=O) groups is 1. The topological polar surface area (TPSA) is 92.7 Å². The van der Waals surface area contributed by atoms with E-state index in [1.807, 2.05) is 62.6 Å². The fourth-order valence-corrected chi connectivity index (χ4v) is 5.59. The van der Waals surface area contributed by atoms with Crippen LogP contribution in [0.4, 0.5) is 5.82 Å². The normalized spacial score (nSPS) is 11.0. The summed E-state index contributed by atoms with van der Waals surface area (Å²) in [7, 11) is 1.67. The number of rotatable bonds is 5. The summed E-state index contributed by atoms with van der Waals surface area (Å²) in [5.41, 5.74) is 3.85. The minimum absolute atomic E-state index is 0.0536. The molecule has 0 radical (unpaired) electrons. The van der Waals surface area contributed by atoms with Crippen LogP contribution in [0.3, 0.4) is 0 Å². The third-order valence-corrected chi connectivity index (χ3v) is 7.93. The largest absolute Gasteiger partial charge is 0.310 e. The Morgan fingerprint density at radius 1 is 1.18 bits per heavy atom. The fourth-order valence-electron chi connectivity index (χ4n) is 3.74. The molecule has 4 aromatic rings. The van der Waals surface area contributed by atoms with E-state index in [9.17, 15) is 14.9 Å². The molecule has 0 spiro atoms. The SMILES string of the molecule is Cc1sc2nc(SCC(=O)Nc3c(C#N)c(C)c(C)n3-c3ccccc3)n(C)c(=O)c2c1C. The summed E-state index contributed by atoms with van der Waals surface area (Å²) in [5.74, 6) is 0.225. The smallest absolute Gasteiger partial charge is 0.262 e. The Morgan fingerprint density at radius 3 is 2.55 bits per heavy atom. The minimum Gasteiger partial charge on any atom is -0.310 e. The minimum atomic E-state index is -0.279. The van der Waals surface area contributed by atoms with Crippen LogP contribution in [0.1, 0.15) is 27.3 Å². The van der Waals surface area contributed by atoms with E-state index in [0.717, 1.165) is 27.4 Å². The Kier molecular flexibility index (Phi) is 6.15. The van der Waals surface area contributed by atoms with Crippen molar-refractivity contribution in [2.75, 3.05) is 11.1 Å². The van der Waals surface area contributed by atoms with Crippen molar-refractivity contribution < 1.29 is 4.79 Å². The molecular formula is C24H23N5O2S2. The summed E-state index contributed by atoms with van der Waals surface area (Å²) in [6, 6.07) is 11.8. The molecule has 1 N–H and O–H groups in total. The van der Waals surface area contributed by atoms with Gasteiger partial charge in [-0.2, -0.15) is 5.26 Å². The van der Waals surface area contributed by atoms with E-state index in [1.165, 1.54) is 27.7 Å². The van der Waals surface area contributed by atoms with Crippen molar-refractivity contribution in [1.82, 2.24) is 14.1 Å². The van der Waals surface area contributed by atoms with Crippen molar-refractivity contribution in [1.29, 1.82) is 5.26 Å². The number of hydrogen-bond donors (Lipinski definition) is 1. The van der Waals surface area contributed by atoms with Crippen LogP contribution in [0.15, 0.2) is 40.3 Å². The van der Waals surface area contributed by atoms with Crippen LogP contribution in [-0.4, -0.2) is 25.8 Å². The molecule has 0 unspecified atom stereocenters. The first-order chi connectivity index (χ1) is 15.7. The highest BCUT2D eigenvalue weighted by molar-refractivity contribution is 7.99. The Morgan fingerprint density at radius 2 is 1.88 bits per heavy atom. The van der Waals surface area contributed by atoms with Gasteiger partial charge in [-0.3, -0.25) is 18.7 Å². The van der Waals surface area contributed by atoms with Gasteiger partial charge in [0.15, 0.2) is 5.16 Å². The van der Waals surface area contributed by atoms with E-state index >= 15 is 0 Å². The number of benzene rings is 1. The van der Waals surface area contributed by atoms with E-state index in [2.05, 4.69) is 16.4 Å². The predicted molar refractivity (Wildman–Crippen MR) is 134 cm³/mol. The van der Waals surface area contributed by atoms with E-state index < -0.39 is 0 Å². The maximum atomic E-state index is 12.9. The number of nitrogens with zero attached hydrogens (tertiary/aromatic N) is 4. The van der Waals surface area contributed by atoms with Gasteiger partial charge in [-0.25, -0.2) is 4.98 Å². The van der Waals surface area contributed by atoms with E-state index in [1.54, 1.807) is 7.05 Å². The van der Waals surface area contributed by atoms with Gasteiger partial charge in [-0.05, 0) is 51.0 Å². The zero-order valence-corrected chi connectivity index (χ0v) is 20.6. The molecule has 0 aliphatic heterocycles. The number of nitrogens with one attached hydrogen (secondary N) is 1. The quantitative estimate of drug-likeness (QED) is 0.334. The zero-order valence-electron chi connectivity index (χ0n) is 19.0. The van der Waals surface area contributed by atoms with Crippen molar-refractivity contribution in [2.24, 2.45) is 7.05 Å². The van der Waals surface area contributed by atoms with Crippen molar-refractivity contribution in [3.8, 4) is 11.8 Å². The van der Waals surface area contributed by atoms with Crippen LogP contribution in [-0.2, 0) is 11.8 Å². The molecule has 33 heavy (non-hydrogen) atoms. The van der Waals surface area contributed by atoms with Crippen LogP contribution in [0.5, 0.6) is 0 Å². The monoisotopic (exact) mass is 477 g/mol. The average Bonchev–Trinajstić information content (AvgIpc) is 3.22. The van der Waals surface area contributed by atoms with Gasteiger partial charge in [0, 0.05) is 23.3 Å². The molecule has 0 aliphatic rings. The third kappa shape index (κ3) is 3.96. The molecule has 1 amide bonds. The molecule has 9 heteroatoms. The summed E-state index contributed by atoms with van der Waals surface area (Å²) in [6.45, 7) is 7.70. The summed E-state index contributed by atoms with van der Waals surface area (Å²) in [6.07, 6.45) is 0. The maximum absolute atomic E-state index is 12.9. The second kappa shape index (κ2) is 8.89. The van der Waals surface area contributed by atoms with Crippen molar-refractivity contribution in [2.45, 2.75) is 32.9 Å². The first kappa shape index (κ1) is 22.8. The molecule has 168 valence electrons. The predicted octanol–water partition coefficient (Wildman–Crippen LogP) is 4.62. The van der Waals surface area contributed by atoms with Crippen LogP contribution < -0.4 is 10.9 Å². The lowest BCUT2D eigenvalue weighted by Gasteiger charge is -2.13. The number of aryl methyl sites for hydroxylation is 2. The van der Waals surface area contributed by atoms with Crippen molar-refractivity contribution in [3.63, 3.8) is 0 Å². The highest BCUT2D eigenvalue weighted by Crippen LogP contribution is 2.31. The first-order valence-electron chi connectivity index (χ1n) is 10.3. The Balaban J connectivity index is 1.62. The van der Waals surface area contributed by atoms with Crippen LogP contribution in [0, 0.1) is 39.0 Å². The summed E-state index contributed by atoms with van der Waals surface area (Å²) < 4.78 is 3.37. The summed E-state index contributed by atoms with van der Waals surface area (Å²) in [4.78, 5) is 32.1. The van der Waals surface area contributed by atoms with Gasteiger partial charge in [-0.15, -0.1) is 11.3 Å². The van der Waals surface area contributed by atoms with E-state index in [4.69, 9.17) is 0 Å². The fraction of sp³-hybridized carbons (Fsp3) is 0.250. The van der Waals surface area contributed by atoms with Gasteiger partial charge < -0.3 is 5.32 Å². The van der Waals surface area contributed by atoms with Crippen LogP contribution in [0.25, 0.3) is 15.9 Å². The second-order valence-electron chi connectivity index (χ2n) is 7.78. The number of anilines is 1. The van der Waals surface area contributed by atoms with Crippen LogP contribution >= 0.6 is 23.1 Å². The first-order valence-corrected chi connectivity index (χ1v) is 12.1. The number of amides is 1. The van der Waals surface area contributed by atoms with Gasteiger partial charge in [0.1, 0.15) is 16.7 Å². The number of hydrogen-bond acceptors (Lipinski definition) is 6. The molecule has 3 heterocycles. The summed E-state index contributed by atoms with van der Waals surface area (Å²) in [5, 5.41) is 13.8. The van der Waals surface area contributed by atoms with Crippen molar-refractivity contribution >= 4 is 45.0 Å². The Labute approximate surface area is 199 Å². The third-order valence-electron chi connectivity index (χ3n) is 5.80. The average molecular weight is 478 g/mol. The summed E-state index contributed by atoms with van der Waals surface area (Å²) >= 11 is 2.68. The lowest BCUT2D eigenvalue weighted by atomic mass is 10.2. The number of nitriles is 1. The molecule has 0 saturated heterocycles. The number of thioether (sulfide) groups is 1. The highest BCUT2D eigenvalue weighted by atomic mass is 32.2. The Bertz CT molecular complexity index is 1490. The van der Waals surface area contributed by atoms with Gasteiger partial charge >= 0.3 is 0 Å². The lowest BCUT2D eigenvalue weighted by Crippen LogP contribution is -2.22. The van der Waals surface area contributed by atoms with Gasteiger partial charge in [0.05, 0.1) is 16.7 Å². The number of aromatic nitrogens is 3. The number of carbonyl (C=O) groups excluding carboxylic acids is 1. The van der Waals surface area contributed by atoms with E-state index in [0.29, 0.717) is 26.8 Å². The zero-order chi connectivity index (χ0) is 23.9. The molecule has 3 aromatic heterocycles. The number of fused-ring (bicyclic) bond motifs is 1. The highest BCUT2D eigenvalue weighted by Gasteiger charge is 2.21. The van der Waals surface area contributed by atoms with Gasteiger partial charge in [-0.1, -0.05) is 30.0 Å².